The number of aromatic nitrogens is 3. The fraction of sp³-hybridized carbons (Fsp3) is 0.300. The third-order valence-electron chi connectivity index (χ3n) is 2.23. The van der Waals surface area contributed by atoms with Gasteiger partial charge in [-0.3, -0.25) is 0 Å². The van der Waals surface area contributed by atoms with Crippen molar-refractivity contribution >= 4 is 21.9 Å². The Balaban J connectivity index is 2.11. The summed E-state index contributed by atoms with van der Waals surface area (Å²) in [5, 5.41) is 12.7. The average Bonchev–Trinajstić information content (AvgIpc) is 2.82. The average molecular weight is 300 g/mol. The van der Waals surface area contributed by atoms with Crippen LogP contribution in [0.15, 0.2) is 21.3 Å². The third kappa shape index (κ3) is 2.73. The van der Waals surface area contributed by atoms with Crippen LogP contribution in [-0.4, -0.2) is 25.8 Å². The Kier molecular flexibility index (Phi) is 3.28. The highest BCUT2D eigenvalue weighted by Gasteiger charge is 2.12. The molecule has 0 fully saturated rings. The van der Waals surface area contributed by atoms with Crippen molar-refractivity contribution in [3.63, 3.8) is 0 Å². The maximum Gasteiger partial charge on any atom is 0.352 e. The van der Waals surface area contributed by atoms with E-state index in [1.807, 2.05) is 0 Å². The maximum absolute atomic E-state index is 11.0. The highest BCUT2D eigenvalue weighted by molar-refractivity contribution is 9.10. The lowest BCUT2D eigenvalue weighted by atomic mass is 10.3. The lowest BCUT2D eigenvalue weighted by molar-refractivity contribution is 0.0685. The van der Waals surface area contributed by atoms with Crippen LogP contribution in [0.4, 0.5) is 0 Å². The predicted molar refractivity (Wildman–Crippen MR) is 61.8 cm³/mol. The van der Waals surface area contributed by atoms with E-state index in [0.717, 1.165) is 4.47 Å². The SMILES string of the molecule is Cc1nc(CCn2cc(Br)cc2C(=O)O)no1. The van der Waals surface area contributed by atoms with Crippen molar-refractivity contribution in [2.24, 2.45) is 0 Å². The molecule has 7 heteroatoms. The molecular weight excluding hydrogens is 290 g/mol. The van der Waals surface area contributed by atoms with Crippen LogP contribution in [0.3, 0.4) is 0 Å². The van der Waals surface area contributed by atoms with Gasteiger partial charge in [-0.1, -0.05) is 5.16 Å². The number of nitrogens with zero attached hydrogens (tertiary/aromatic N) is 3. The molecule has 0 aliphatic carbocycles. The van der Waals surface area contributed by atoms with Crippen LogP contribution in [0.5, 0.6) is 0 Å². The molecule has 0 atom stereocenters. The maximum atomic E-state index is 11.0. The number of hydrogen-bond acceptors (Lipinski definition) is 4. The summed E-state index contributed by atoms with van der Waals surface area (Å²) in [6, 6.07) is 1.56. The van der Waals surface area contributed by atoms with Crippen LogP contribution < -0.4 is 0 Å². The Morgan fingerprint density at radius 1 is 1.65 bits per heavy atom. The van der Waals surface area contributed by atoms with Gasteiger partial charge < -0.3 is 14.2 Å². The number of aromatic carboxylic acids is 1. The number of halogens is 1. The van der Waals surface area contributed by atoms with Gasteiger partial charge in [0.2, 0.25) is 5.89 Å². The number of rotatable bonds is 4. The van der Waals surface area contributed by atoms with E-state index in [1.165, 1.54) is 0 Å². The number of carboxylic acids is 1. The van der Waals surface area contributed by atoms with Gasteiger partial charge >= 0.3 is 5.97 Å². The van der Waals surface area contributed by atoms with Crippen molar-refractivity contribution in [1.82, 2.24) is 14.7 Å². The quantitative estimate of drug-likeness (QED) is 0.932. The number of carboxylic acid groups (broad SMARTS) is 1. The normalized spacial score (nSPS) is 10.7. The minimum Gasteiger partial charge on any atom is -0.477 e. The zero-order chi connectivity index (χ0) is 12.4. The summed E-state index contributed by atoms with van der Waals surface area (Å²) in [4.78, 5) is 15.0. The van der Waals surface area contributed by atoms with Crippen molar-refractivity contribution in [3.05, 3.63) is 34.1 Å². The van der Waals surface area contributed by atoms with E-state index in [9.17, 15) is 4.79 Å². The zero-order valence-corrected chi connectivity index (χ0v) is 10.6. The summed E-state index contributed by atoms with van der Waals surface area (Å²) >= 11 is 3.25. The van der Waals surface area contributed by atoms with Gasteiger partial charge in [0.15, 0.2) is 5.82 Å². The summed E-state index contributed by atoms with van der Waals surface area (Å²) in [5.41, 5.74) is 0.233. The second-order valence-corrected chi connectivity index (χ2v) is 4.44. The van der Waals surface area contributed by atoms with E-state index >= 15 is 0 Å². The molecule has 2 aromatic rings. The molecule has 6 nitrogen and oxygen atoms in total. The van der Waals surface area contributed by atoms with Crippen LogP contribution in [0.1, 0.15) is 22.2 Å². The van der Waals surface area contributed by atoms with E-state index in [4.69, 9.17) is 9.63 Å². The Morgan fingerprint density at radius 2 is 2.41 bits per heavy atom. The molecule has 0 aliphatic rings. The summed E-state index contributed by atoms with van der Waals surface area (Å²) < 4.78 is 7.21. The lowest BCUT2D eigenvalue weighted by Gasteiger charge is -2.03. The van der Waals surface area contributed by atoms with Crippen molar-refractivity contribution in [1.29, 1.82) is 0 Å². The Hall–Kier alpha value is -1.63. The molecule has 2 heterocycles. The predicted octanol–water partition coefficient (Wildman–Crippen LogP) is 1.88. The largest absolute Gasteiger partial charge is 0.477 e. The molecule has 0 amide bonds. The Labute approximate surface area is 105 Å². The van der Waals surface area contributed by atoms with E-state index < -0.39 is 5.97 Å². The Morgan fingerprint density at radius 3 is 3.00 bits per heavy atom. The van der Waals surface area contributed by atoms with Crippen molar-refractivity contribution in [2.75, 3.05) is 0 Å². The number of aryl methyl sites for hydroxylation is 3. The first-order chi connectivity index (χ1) is 8.06. The monoisotopic (exact) mass is 299 g/mol. The third-order valence-corrected chi connectivity index (χ3v) is 2.66. The van der Waals surface area contributed by atoms with Gasteiger partial charge in [0.05, 0.1) is 0 Å². The summed E-state index contributed by atoms with van der Waals surface area (Å²) in [6.07, 6.45) is 2.25. The fourth-order valence-electron chi connectivity index (χ4n) is 1.50. The molecule has 0 bridgehead atoms. The molecule has 2 aromatic heterocycles. The highest BCUT2D eigenvalue weighted by Crippen LogP contribution is 2.15. The molecule has 0 spiro atoms. The van der Waals surface area contributed by atoms with Gasteiger partial charge in [0.1, 0.15) is 5.69 Å². The van der Waals surface area contributed by atoms with Gasteiger partial charge in [-0.15, -0.1) is 0 Å². The second kappa shape index (κ2) is 4.70. The standard InChI is InChI=1S/C10H10BrN3O3/c1-6-12-9(13-17-6)2-3-14-5-7(11)4-8(14)10(15)16/h4-5H,2-3H2,1H3,(H,15,16). The van der Waals surface area contributed by atoms with Crippen molar-refractivity contribution in [3.8, 4) is 0 Å². The molecule has 2 rings (SSSR count). The first kappa shape index (κ1) is 11.8. The summed E-state index contributed by atoms with van der Waals surface area (Å²) in [6.45, 7) is 2.21. The van der Waals surface area contributed by atoms with E-state index in [2.05, 4.69) is 26.1 Å². The smallest absolute Gasteiger partial charge is 0.352 e. The first-order valence-electron chi connectivity index (χ1n) is 4.94. The summed E-state index contributed by atoms with van der Waals surface area (Å²) in [5.74, 6) is 0.121. The molecule has 0 unspecified atom stereocenters. The minimum atomic E-state index is -0.958. The first-order valence-corrected chi connectivity index (χ1v) is 5.73. The molecule has 0 radical (unpaired) electrons. The van der Waals surface area contributed by atoms with Crippen molar-refractivity contribution < 1.29 is 14.4 Å². The molecule has 17 heavy (non-hydrogen) atoms. The van der Waals surface area contributed by atoms with Crippen molar-refractivity contribution in [2.45, 2.75) is 19.9 Å². The van der Waals surface area contributed by atoms with Crippen LogP contribution in [0.25, 0.3) is 0 Å². The molecular formula is C10H10BrN3O3. The Bertz CT molecular complexity index is 547. The minimum absolute atomic E-state index is 0.233. The lowest BCUT2D eigenvalue weighted by Crippen LogP contribution is -2.09. The van der Waals surface area contributed by atoms with Crippen LogP contribution in [0.2, 0.25) is 0 Å². The van der Waals surface area contributed by atoms with Gasteiger partial charge in [0, 0.05) is 30.6 Å². The molecule has 0 saturated carbocycles. The van der Waals surface area contributed by atoms with Gasteiger partial charge in [-0.2, -0.15) is 4.98 Å². The summed E-state index contributed by atoms with van der Waals surface area (Å²) in [7, 11) is 0. The molecule has 1 N–H and O–H groups in total. The molecule has 0 aromatic carbocycles. The topological polar surface area (TPSA) is 81.2 Å². The molecule has 0 saturated heterocycles. The van der Waals surface area contributed by atoms with E-state index in [0.29, 0.717) is 24.7 Å². The number of hydrogen-bond donors (Lipinski definition) is 1. The van der Waals surface area contributed by atoms with Crippen LogP contribution in [-0.2, 0) is 13.0 Å². The highest BCUT2D eigenvalue weighted by atomic mass is 79.9. The number of carbonyl (C=O) groups is 1. The van der Waals surface area contributed by atoms with Crippen LogP contribution in [0, 0.1) is 6.92 Å². The van der Waals surface area contributed by atoms with E-state index in [-0.39, 0.29) is 5.69 Å². The zero-order valence-electron chi connectivity index (χ0n) is 9.05. The van der Waals surface area contributed by atoms with E-state index in [1.54, 1.807) is 23.8 Å². The second-order valence-electron chi connectivity index (χ2n) is 3.52. The van der Waals surface area contributed by atoms with Crippen LogP contribution >= 0.6 is 15.9 Å². The van der Waals surface area contributed by atoms with Gasteiger partial charge in [-0.25, -0.2) is 4.79 Å². The van der Waals surface area contributed by atoms with Gasteiger partial charge in [0.25, 0.3) is 0 Å². The molecule has 0 aliphatic heterocycles. The molecule has 90 valence electrons. The fourth-order valence-corrected chi connectivity index (χ4v) is 1.97. The van der Waals surface area contributed by atoms with Gasteiger partial charge in [-0.05, 0) is 22.0 Å².